The molecule has 3 nitrogen and oxygen atoms in total. The summed E-state index contributed by atoms with van der Waals surface area (Å²) < 4.78 is 13.4. The van der Waals surface area contributed by atoms with Crippen molar-refractivity contribution in [1.29, 1.82) is 0 Å². The molecule has 1 heterocycles. The van der Waals surface area contributed by atoms with Crippen molar-refractivity contribution < 1.29 is 9.18 Å². The molecule has 0 aliphatic carbocycles. The maximum absolute atomic E-state index is 13.4. The molecule has 0 unspecified atom stereocenters. The van der Waals surface area contributed by atoms with Crippen molar-refractivity contribution in [1.82, 2.24) is 10.2 Å². The molecule has 17 heavy (non-hydrogen) atoms. The number of aromatic amines is 1. The number of aromatic nitrogens is 2. The van der Waals surface area contributed by atoms with E-state index in [-0.39, 0.29) is 5.82 Å². The van der Waals surface area contributed by atoms with E-state index < -0.39 is 0 Å². The number of hydrogen-bond acceptors (Lipinski definition) is 2. The molecule has 0 saturated heterocycles. The standard InChI is InChI=1S/C13H13FN2O/c1-9-11(8-17)13(16-15-9)7-6-10-4-2-3-5-12(10)14/h2-5,8H,6-7H2,1H3,(H,15,16). The lowest BCUT2D eigenvalue weighted by Gasteiger charge is -2.01. The maximum Gasteiger partial charge on any atom is 0.153 e. The van der Waals surface area contributed by atoms with Crippen molar-refractivity contribution in [3.8, 4) is 0 Å². The van der Waals surface area contributed by atoms with E-state index in [1.165, 1.54) is 6.07 Å². The Morgan fingerprint density at radius 3 is 2.82 bits per heavy atom. The number of benzene rings is 1. The Balaban J connectivity index is 2.13. The van der Waals surface area contributed by atoms with Crippen LogP contribution in [0.25, 0.3) is 0 Å². The van der Waals surface area contributed by atoms with Crippen LogP contribution in [0.3, 0.4) is 0 Å². The molecule has 1 N–H and O–H groups in total. The van der Waals surface area contributed by atoms with E-state index in [1.807, 2.05) is 0 Å². The molecule has 2 rings (SSSR count). The molecule has 0 bridgehead atoms. The summed E-state index contributed by atoms with van der Waals surface area (Å²) in [5.41, 5.74) is 2.68. The van der Waals surface area contributed by atoms with Crippen LogP contribution in [0, 0.1) is 12.7 Å². The Hall–Kier alpha value is -1.97. The quantitative estimate of drug-likeness (QED) is 0.823. The lowest BCUT2D eigenvalue weighted by Crippen LogP contribution is -1.97. The molecule has 0 aliphatic heterocycles. The number of hydrogen-bond donors (Lipinski definition) is 1. The Bertz CT molecular complexity index is 534. The minimum Gasteiger partial charge on any atom is -0.298 e. The normalized spacial score (nSPS) is 10.5. The number of rotatable bonds is 4. The summed E-state index contributed by atoms with van der Waals surface area (Å²) in [5, 5.41) is 6.82. The highest BCUT2D eigenvalue weighted by Gasteiger charge is 2.10. The number of carbonyl (C=O) groups excluding carboxylic acids is 1. The molecular formula is C13H13FN2O. The van der Waals surface area contributed by atoms with Crippen LogP contribution in [-0.4, -0.2) is 16.5 Å². The molecule has 0 spiro atoms. The Morgan fingerprint density at radius 1 is 1.35 bits per heavy atom. The van der Waals surface area contributed by atoms with Gasteiger partial charge in [-0.2, -0.15) is 5.10 Å². The largest absolute Gasteiger partial charge is 0.298 e. The van der Waals surface area contributed by atoms with Gasteiger partial charge in [0.15, 0.2) is 6.29 Å². The molecule has 0 saturated carbocycles. The van der Waals surface area contributed by atoms with E-state index in [4.69, 9.17) is 0 Å². The molecule has 0 radical (unpaired) electrons. The summed E-state index contributed by atoms with van der Waals surface area (Å²) in [4.78, 5) is 10.9. The van der Waals surface area contributed by atoms with Gasteiger partial charge in [0.05, 0.1) is 11.3 Å². The van der Waals surface area contributed by atoms with Crippen molar-refractivity contribution >= 4 is 6.29 Å². The Labute approximate surface area is 98.7 Å². The van der Waals surface area contributed by atoms with Crippen molar-refractivity contribution in [3.05, 3.63) is 52.6 Å². The van der Waals surface area contributed by atoms with Gasteiger partial charge in [-0.3, -0.25) is 9.89 Å². The number of nitrogens with one attached hydrogen (secondary N) is 1. The third-order valence-electron chi connectivity index (χ3n) is 2.78. The highest BCUT2D eigenvalue weighted by molar-refractivity contribution is 5.78. The minimum absolute atomic E-state index is 0.215. The third kappa shape index (κ3) is 2.41. The second-order valence-electron chi connectivity index (χ2n) is 3.92. The zero-order valence-electron chi connectivity index (χ0n) is 9.53. The van der Waals surface area contributed by atoms with Crippen LogP contribution in [0.1, 0.15) is 27.3 Å². The topological polar surface area (TPSA) is 45.8 Å². The highest BCUT2D eigenvalue weighted by Crippen LogP contribution is 2.13. The monoisotopic (exact) mass is 232 g/mol. The average molecular weight is 232 g/mol. The predicted octanol–water partition coefficient (Wildman–Crippen LogP) is 2.45. The number of nitrogens with zero attached hydrogens (tertiary/aromatic N) is 1. The molecule has 0 amide bonds. The van der Waals surface area contributed by atoms with Crippen LogP contribution in [0.2, 0.25) is 0 Å². The number of halogens is 1. The fraction of sp³-hybridized carbons (Fsp3) is 0.231. The molecule has 88 valence electrons. The molecule has 1 aromatic carbocycles. The Morgan fingerprint density at radius 2 is 2.12 bits per heavy atom. The van der Waals surface area contributed by atoms with Gasteiger partial charge >= 0.3 is 0 Å². The summed E-state index contributed by atoms with van der Waals surface area (Å²) in [7, 11) is 0. The van der Waals surface area contributed by atoms with Gasteiger partial charge < -0.3 is 0 Å². The summed E-state index contributed by atoms with van der Waals surface area (Å²) in [5.74, 6) is -0.215. The lowest BCUT2D eigenvalue weighted by atomic mass is 10.1. The summed E-state index contributed by atoms with van der Waals surface area (Å²) in [6.45, 7) is 1.79. The zero-order valence-corrected chi connectivity index (χ0v) is 9.53. The van der Waals surface area contributed by atoms with Gasteiger partial charge in [0.25, 0.3) is 0 Å². The number of aryl methyl sites for hydroxylation is 3. The molecule has 2 aromatic rings. The summed E-state index contributed by atoms with van der Waals surface area (Å²) in [6, 6.07) is 6.64. The van der Waals surface area contributed by atoms with Crippen LogP contribution in [-0.2, 0) is 12.8 Å². The van der Waals surface area contributed by atoms with Crippen LogP contribution >= 0.6 is 0 Å². The van der Waals surface area contributed by atoms with Crippen LogP contribution in [0.5, 0.6) is 0 Å². The van der Waals surface area contributed by atoms with Crippen molar-refractivity contribution in [2.75, 3.05) is 0 Å². The molecular weight excluding hydrogens is 219 g/mol. The van der Waals surface area contributed by atoms with Gasteiger partial charge in [-0.05, 0) is 31.4 Å². The van der Waals surface area contributed by atoms with E-state index in [0.29, 0.717) is 29.7 Å². The first kappa shape index (κ1) is 11.5. The lowest BCUT2D eigenvalue weighted by molar-refractivity contribution is 0.112. The first-order valence-corrected chi connectivity index (χ1v) is 5.45. The number of carbonyl (C=O) groups is 1. The minimum atomic E-state index is -0.215. The van der Waals surface area contributed by atoms with Gasteiger partial charge in [0, 0.05) is 5.69 Å². The maximum atomic E-state index is 13.4. The van der Waals surface area contributed by atoms with Crippen molar-refractivity contribution in [2.24, 2.45) is 0 Å². The SMILES string of the molecule is Cc1[nH]nc(CCc2ccccc2F)c1C=O. The first-order chi connectivity index (χ1) is 8.22. The van der Waals surface area contributed by atoms with Gasteiger partial charge in [-0.25, -0.2) is 4.39 Å². The molecule has 1 aromatic heterocycles. The Kier molecular flexibility index (Phi) is 3.32. The van der Waals surface area contributed by atoms with Gasteiger partial charge in [0.1, 0.15) is 5.82 Å². The number of aldehydes is 1. The average Bonchev–Trinajstić information content (AvgIpc) is 2.69. The fourth-order valence-electron chi connectivity index (χ4n) is 1.79. The predicted molar refractivity (Wildman–Crippen MR) is 62.5 cm³/mol. The third-order valence-corrected chi connectivity index (χ3v) is 2.78. The van der Waals surface area contributed by atoms with Gasteiger partial charge in [-0.1, -0.05) is 18.2 Å². The summed E-state index contributed by atoms with van der Waals surface area (Å²) in [6.07, 6.45) is 1.88. The smallest absolute Gasteiger partial charge is 0.153 e. The zero-order chi connectivity index (χ0) is 12.3. The fourth-order valence-corrected chi connectivity index (χ4v) is 1.79. The van der Waals surface area contributed by atoms with E-state index >= 15 is 0 Å². The van der Waals surface area contributed by atoms with Crippen molar-refractivity contribution in [3.63, 3.8) is 0 Å². The highest BCUT2D eigenvalue weighted by atomic mass is 19.1. The molecule has 4 heteroatoms. The molecule has 0 aliphatic rings. The molecule has 0 fully saturated rings. The number of H-pyrrole nitrogens is 1. The van der Waals surface area contributed by atoms with Crippen molar-refractivity contribution in [2.45, 2.75) is 19.8 Å². The van der Waals surface area contributed by atoms with E-state index in [2.05, 4.69) is 10.2 Å². The molecule has 0 atom stereocenters. The van der Waals surface area contributed by atoms with Crippen LogP contribution in [0.4, 0.5) is 4.39 Å². The van der Waals surface area contributed by atoms with E-state index in [9.17, 15) is 9.18 Å². The van der Waals surface area contributed by atoms with Crippen LogP contribution in [0.15, 0.2) is 24.3 Å². The van der Waals surface area contributed by atoms with Crippen LogP contribution < -0.4 is 0 Å². The van der Waals surface area contributed by atoms with E-state index in [0.717, 1.165) is 12.0 Å². The second-order valence-corrected chi connectivity index (χ2v) is 3.92. The summed E-state index contributed by atoms with van der Waals surface area (Å²) >= 11 is 0. The van der Waals surface area contributed by atoms with Gasteiger partial charge in [0.2, 0.25) is 0 Å². The van der Waals surface area contributed by atoms with E-state index in [1.54, 1.807) is 25.1 Å². The van der Waals surface area contributed by atoms with Gasteiger partial charge in [-0.15, -0.1) is 0 Å². The first-order valence-electron chi connectivity index (χ1n) is 5.45. The second kappa shape index (κ2) is 4.91.